The van der Waals surface area contributed by atoms with E-state index in [2.05, 4.69) is 0 Å². The maximum Gasteiger partial charge on any atom is 0.233 e. The van der Waals surface area contributed by atoms with Gasteiger partial charge in [0.25, 0.3) is 0 Å². The molecule has 6 atom stereocenters. The lowest BCUT2D eigenvalue weighted by molar-refractivity contribution is -0.132. The summed E-state index contributed by atoms with van der Waals surface area (Å²) in [6.45, 7) is 0. The van der Waals surface area contributed by atoms with Gasteiger partial charge in [-0.15, -0.1) is 0 Å². The molecule has 8 heteroatoms. The summed E-state index contributed by atoms with van der Waals surface area (Å²) in [7, 11) is 3.27. The summed E-state index contributed by atoms with van der Waals surface area (Å²) in [5.74, 6) is 1.10. The molecule has 2 heterocycles. The quantitative estimate of drug-likeness (QED) is 0.121. The maximum atomic E-state index is 13.0. The van der Waals surface area contributed by atoms with Gasteiger partial charge in [-0.25, -0.2) is 0 Å². The second-order valence-corrected chi connectivity index (χ2v) is 14.1. The topological polar surface area (TPSA) is 99.5 Å². The Labute approximate surface area is 328 Å². The largest absolute Gasteiger partial charge is 0.497 e. The van der Waals surface area contributed by atoms with Crippen LogP contribution in [0.25, 0.3) is 0 Å². The van der Waals surface area contributed by atoms with Gasteiger partial charge in [0.05, 0.1) is 50.3 Å². The van der Waals surface area contributed by atoms with Crippen LogP contribution in [0.3, 0.4) is 0 Å². The van der Waals surface area contributed by atoms with Crippen molar-refractivity contribution in [3.05, 3.63) is 192 Å². The Morgan fingerprint density at radius 3 is 1.07 bits per heavy atom. The Balaban J connectivity index is 0.000000172. The van der Waals surface area contributed by atoms with Crippen LogP contribution in [0.4, 0.5) is 11.4 Å². The number of ether oxygens (including phenoxy) is 2. The van der Waals surface area contributed by atoms with Gasteiger partial charge in [-0.05, 0) is 83.6 Å². The van der Waals surface area contributed by atoms with Gasteiger partial charge >= 0.3 is 0 Å². The summed E-state index contributed by atoms with van der Waals surface area (Å²) in [6, 6.07) is 53.8. The summed E-state index contributed by atoms with van der Waals surface area (Å²) >= 11 is 0. The third-order valence-corrected chi connectivity index (χ3v) is 10.7. The van der Waals surface area contributed by atoms with Crippen molar-refractivity contribution in [2.45, 2.75) is 37.1 Å². The van der Waals surface area contributed by atoms with Crippen molar-refractivity contribution in [1.29, 1.82) is 0 Å². The summed E-state index contributed by atoms with van der Waals surface area (Å²) in [5.41, 5.74) is 5.49. The molecule has 0 saturated carbocycles. The molecule has 2 saturated heterocycles. The fourth-order valence-corrected chi connectivity index (χ4v) is 7.78. The fourth-order valence-electron chi connectivity index (χ4n) is 7.78. The molecule has 2 unspecified atom stereocenters. The van der Waals surface area contributed by atoms with Crippen LogP contribution >= 0.6 is 0 Å². The van der Waals surface area contributed by atoms with Gasteiger partial charge in [-0.2, -0.15) is 0 Å². The van der Waals surface area contributed by atoms with Gasteiger partial charge in [-0.1, -0.05) is 121 Å². The van der Waals surface area contributed by atoms with Crippen LogP contribution < -0.4 is 19.3 Å². The number of β-lactam (4-membered cyclic amide) rings is 2. The van der Waals surface area contributed by atoms with Crippen LogP contribution in [0.15, 0.2) is 170 Å². The highest BCUT2D eigenvalue weighted by Gasteiger charge is 2.50. The van der Waals surface area contributed by atoms with Gasteiger partial charge in [-0.3, -0.25) is 9.59 Å². The van der Waals surface area contributed by atoms with E-state index in [1.165, 1.54) is 0 Å². The highest BCUT2D eigenvalue weighted by atomic mass is 16.5. The van der Waals surface area contributed by atoms with E-state index in [1.807, 2.05) is 180 Å². The monoisotopic (exact) mass is 746 g/mol. The van der Waals surface area contributed by atoms with E-state index >= 15 is 0 Å². The lowest BCUT2D eigenvalue weighted by Gasteiger charge is -2.48. The highest BCUT2D eigenvalue weighted by Crippen LogP contribution is 2.48. The number of carbonyl (C=O) groups excluding carboxylic acids is 2. The fraction of sp³-hybridized carbons (Fsp3) is 0.208. The van der Waals surface area contributed by atoms with E-state index < -0.39 is 12.2 Å². The third-order valence-electron chi connectivity index (χ3n) is 10.7. The van der Waals surface area contributed by atoms with Crippen LogP contribution in [-0.4, -0.2) is 36.2 Å². The standard InChI is InChI=1S/2C24H23NO3/c2*1-28-20-14-12-18(13-15-20)23-21(16-22(26)17-8-4-2-5-9-17)24(27)25(23)19-10-6-3-7-11-19/h2*2-15,21-23,26H,16H2,1H3/t21?,22-,23+;21?,22-,23-/m11/s1. The number of rotatable bonds is 12. The van der Waals surface area contributed by atoms with Crippen LogP contribution in [0, 0.1) is 11.8 Å². The number of hydrogen-bond donors (Lipinski definition) is 2. The Morgan fingerprint density at radius 1 is 0.464 bits per heavy atom. The van der Waals surface area contributed by atoms with Crippen molar-refractivity contribution in [2.75, 3.05) is 24.0 Å². The number of aliphatic hydroxyl groups excluding tert-OH is 2. The van der Waals surface area contributed by atoms with E-state index in [0.29, 0.717) is 12.8 Å². The van der Waals surface area contributed by atoms with Gasteiger partial charge in [0.15, 0.2) is 0 Å². The molecular formula is C48H46N2O6. The Morgan fingerprint density at radius 2 is 0.768 bits per heavy atom. The average molecular weight is 747 g/mol. The molecule has 2 aliphatic heterocycles. The Kier molecular flexibility index (Phi) is 11.9. The Hall–Kier alpha value is -6.22. The van der Waals surface area contributed by atoms with Crippen LogP contribution in [0.1, 0.15) is 59.4 Å². The predicted molar refractivity (Wildman–Crippen MR) is 218 cm³/mol. The number of amides is 2. The average Bonchev–Trinajstić information content (AvgIpc) is 3.26. The lowest BCUT2D eigenvalue weighted by atomic mass is 9.77. The zero-order valence-electron chi connectivity index (χ0n) is 31.5. The summed E-state index contributed by atoms with van der Waals surface area (Å²) in [5, 5.41) is 21.4. The van der Waals surface area contributed by atoms with Crippen LogP contribution in [0.2, 0.25) is 0 Å². The van der Waals surface area contributed by atoms with Gasteiger partial charge < -0.3 is 29.5 Å². The van der Waals surface area contributed by atoms with Crippen LogP contribution in [-0.2, 0) is 9.59 Å². The molecule has 0 aromatic heterocycles. The van der Waals surface area contributed by atoms with Crippen molar-refractivity contribution >= 4 is 23.2 Å². The maximum absolute atomic E-state index is 13.0. The summed E-state index contributed by atoms with van der Waals surface area (Å²) in [4.78, 5) is 29.7. The van der Waals surface area contributed by atoms with Gasteiger partial charge in [0.2, 0.25) is 11.8 Å². The summed E-state index contributed by atoms with van der Waals surface area (Å²) in [6.07, 6.45) is -0.561. The van der Waals surface area contributed by atoms with Crippen LogP contribution in [0.5, 0.6) is 11.5 Å². The lowest BCUT2D eigenvalue weighted by Crippen LogP contribution is -2.55. The first-order valence-corrected chi connectivity index (χ1v) is 18.9. The van der Waals surface area contributed by atoms with E-state index in [4.69, 9.17) is 9.47 Å². The second kappa shape index (κ2) is 17.5. The number of hydrogen-bond acceptors (Lipinski definition) is 6. The second-order valence-electron chi connectivity index (χ2n) is 14.1. The molecule has 8 nitrogen and oxygen atoms in total. The van der Waals surface area contributed by atoms with Crippen molar-refractivity contribution in [3.8, 4) is 11.5 Å². The predicted octanol–water partition coefficient (Wildman–Crippen LogP) is 9.05. The number of carbonyl (C=O) groups is 2. The Bertz CT molecular complexity index is 2010. The molecule has 2 N–H and O–H groups in total. The minimum atomic E-state index is -0.672. The molecule has 0 aliphatic carbocycles. The van der Waals surface area contributed by atoms with E-state index in [-0.39, 0.29) is 35.7 Å². The van der Waals surface area contributed by atoms with Crippen molar-refractivity contribution < 1.29 is 29.3 Å². The molecule has 6 aromatic carbocycles. The molecule has 284 valence electrons. The number of aliphatic hydroxyl groups is 2. The first-order chi connectivity index (χ1) is 27.4. The van der Waals surface area contributed by atoms with E-state index in [1.54, 1.807) is 14.2 Å². The molecule has 56 heavy (non-hydrogen) atoms. The van der Waals surface area contributed by atoms with Crippen molar-refractivity contribution in [3.63, 3.8) is 0 Å². The van der Waals surface area contributed by atoms with Gasteiger partial charge in [0.1, 0.15) is 11.5 Å². The first kappa shape index (κ1) is 38.1. The number of para-hydroxylation sites is 2. The minimum absolute atomic E-state index is 0.0435. The van der Waals surface area contributed by atoms with Crippen molar-refractivity contribution in [1.82, 2.24) is 0 Å². The van der Waals surface area contributed by atoms with E-state index in [0.717, 1.165) is 45.1 Å². The number of benzene rings is 6. The molecule has 2 aliphatic rings. The molecule has 2 amide bonds. The zero-order valence-corrected chi connectivity index (χ0v) is 31.5. The SMILES string of the molecule is COc1ccc([C@@H]2C(C[C@@H](O)c3ccccc3)C(=O)N2c2ccccc2)cc1.COc1ccc([C@H]2C(C[C@@H](O)c3ccccc3)C(=O)N2c2ccccc2)cc1. The normalized spacial score (nSPS) is 19.8. The highest BCUT2D eigenvalue weighted by molar-refractivity contribution is 6.04. The number of nitrogens with zero attached hydrogens (tertiary/aromatic N) is 2. The number of methoxy groups -OCH3 is 2. The summed E-state index contributed by atoms with van der Waals surface area (Å²) < 4.78 is 10.5. The van der Waals surface area contributed by atoms with Gasteiger partial charge in [0, 0.05) is 11.4 Å². The molecule has 0 bridgehead atoms. The van der Waals surface area contributed by atoms with Crippen molar-refractivity contribution in [2.24, 2.45) is 11.8 Å². The molecule has 8 rings (SSSR count). The third kappa shape index (κ3) is 8.08. The zero-order chi connectivity index (χ0) is 39.0. The molecular weight excluding hydrogens is 701 g/mol. The molecule has 6 aromatic rings. The molecule has 0 spiro atoms. The molecule has 2 fully saturated rings. The first-order valence-electron chi connectivity index (χ1n) is 18.9. The smallest absolute Gasteiger partial charge is 0.233 e. The minimum Gasteiger partial charge on any atom is -0.497 e. The number of anilines is 2. The molecule has 0 radical (unpaired) electrons. The van der Waals surface area contributed by atoms with E-state index in [9.17, 15) is 19.8 Å².